The molecule has 1 amide bonds. The van der Waals surface area contributed by atoms with Crippen molar-refractivity contribution in [3.05, 3.63) is 59.6 Å². The fourth-order valence-corrected chi connectivity index (χ4v) is 3.16. The van der Waals surface area contributed by atoms with Crippen molar-refractivity contribution < 1.29 is 14.3 Å². The third-order valence-corrected chi connectivity index (χ3v) is 4.47. The minimum Gasteiger partial charge on any atom is -0.496 e. The second-order valence-corrected chi connectivity index (χ2v) is 6.43. The zero-order valence-electron chi connectivity index (χ0n) is 15.2. The van der Waals surface area contributed by atoms with Crippen LogP contribution in [0, 0.1) is 0 Å². The number of amides is 1. The average molecular weight is 364 g/mol. The first-order chi connectivity index (χ1) is 13.1. The molecule has 0 spiro atoms. The summed E-state index contributed by atoms with van der Waals surface area (Å²) in [6, 6.07) is 9.53. The Hall–Kier alpha value is -3.35. The van der Waals surface area contributed by atoms with Gasteiger partial charge in [-0.25, -0.2) is 0 Å². The highest BCUT2D eigenvalue weighted by molar-refractivity contribution is 5.92. The van der Waals surface area contributed by atoms with Crippen LogP contribution in [0.4, 0.5) is 0 Å². The van der Waals surface area contributed by atoms with E-state index in [2.05, 4.69) is 15.5 Å². The average Bonchev–Trinajstić information content (AvgIpc) is 3.25. The predicted molar refractivity (Wildman–Crippen MR) is 101 cm³/mol. The molecule has 2 aromatic heterocycles. The third-order valence-electron chi connectivity index (χ3n) is 4.47. The van der Waals surface area contributed by atoms with E-state index in [0.717, 1.165) is 34.7 Å². The van der Waals surface area contributed by atoms with Gasteiger partial charge in [-0.05, 0) is 37.3 Å². The topological polar surface area (TPSA) is 77.8 Å². The van der Waals surface area contributed by atoms with Gasteiger partial charge in [-0.1, -0.05) is 6.07 Å². The van der Waals surface area contributed by atoms with Gasteiger partial charge in [0.1, 0.15) is 17.6 Å². The molecule has 1 aliphatic heterocycles. The monoisotopic (exact) mass is 364 g/mol. The molecule has 0 aliphatic carbocycles. The van der Waals surface area contributed by atoms with E-state index < -0.39 is 0 Å². The lowest BCUT2D eigenvalue weighted by atomic mass is 10.1. The van der Waals surface area contributed by atoms with E-state index in [4.69, 9.17) is 9.47 Å². The Kier molecular flexibility index (Phi) is 4.50. The zero-order chi connectivity index (χ0) is 18.8. The van der Waals surface area contributed by atoms with Gasteiger partial charge < -0.3 is 14.8 Å². The first-order valence-corrected chi connectivity index (χ1v) is 8.76. The van der Waals surface area contributed by atoms with Gasteiger partial charge in [-0.15, -0.1) is 10.2 Å². The first-order valence-electron chi connectivity index (χ1n) is 8.76. The first kappa shape index (κ1) is 17.1. The van der Waals surface area contributed by atoms with Crippen LogP contribution in [0.1, 0.15) is 23.9 Å². The lowest BCUT2D eigenvalue weighted by Crippen LogP contribution is -2.21. The van der Waals surface area contributed by atoms with Gasteiger partial charge in [0.2, 0.25) is 5.91 Å². The smallest absolute Gasteiger partial charge is 0.244 e. The Labute approximate surface area is 156 Å². The summed E-state index contributed by atoms with van der Waals surface area (Å²) in [6.07, 6.45) is 6.09. The molecule has 1 atom stereocenters. The van der Waals surface area contributed by atoms with Crippen LogP contribution in [0.15, 0.2) is 42.6 Å². The molecule has 7 nitrogen and oxygen atoms in total. The van der Waals surface area contributed by atoms with Gasteiger partial charge >= 0.3 is 0 Å². The molecule has 138 valence electrons. The normalized spacial score (nSPS) is 15.7. The number of pyridine rings is 1. The van der Waals surface area contributed by atoms with Gasteiger partial charge in [-0.2, -0.15) is 0 Å². The summed E-state index contributed by atoms with van der Waals surface area (Å²) in [6.45, 7) is 2.32. The number of benzene rings is 1. The van der Waals surface area contributed by atoms with Gasteiger partial charge in [0.05, 0.1) is 13.7 Å². The summed E-state index contributed by atoms with van der Waals surface area (Å²) < 4.78 is 13.1. The van der Waals surface area contributed by atoms with Crippen molar-refractivity contribution in [3.8, 4) is 11.5 Å². The minimum atomic E-state index is -0.223. The molecule has 3 heterocycles. The maximum Gasteiger partial charge on any atom is 0.244 e. The Morgan fingerprint density at radius 2 is 2.30 bits per heavy atom. The molecule has 1 N–H and O–H groups in total. The quantitative estimate of drug-likeness (QED) is 0.704. The Morgan fingerprint density at radius 1 is 1.41 bits per heavy atom. The molecule has 0 radical (unpaired) electrons. The second-order valence-electron chi connectivity index (χ2n) is 6.43. The van der Waals surface area contributed by atoms with Crippen LogP contribution in [0.2, 0.25) is 0 Å². The number of hydrogen-bond acceptors (Lipinski definition) is 5. The minimum absolute atomic E-state index is 0.158. The highest BCUT2D eigenvalue weighted by Crippen LogP contribution is 2.35. The Bertz CT molecular complexity index is 1030. The molecule has 0 fully saturated rings. The summed E-state index contributed by atoms with van der Waals surface area (Å²) in [7, 11) is 1.62. The summed E-state index contributed by atoms with van der Waals surface area (Å²) >= 11 is 0. The van der Waals surface area contributed by atoms with Gasteiger partial charge in [0, 0.05) is 29.8 Å². The zero-order valence-corrected chi connectivity index (χ0v) is 15.2. The van der Waals surface area contributed by atoms with Crippen molar-refractivity contribution in [1.29, 1.82) is 0 Å². The van der Waals surface area contributed by atoms with Crippen LogP contribution in [0.5, 0.6) is 11.5 Å². The second kappa shape index (κ2) is 7.11. The summed E-state index contributed by atoms with van der Waals surface area (Å²) in [5.74, 6) is 2.02. The number of hydrogen-bond donors (Lipinski definition) is 1. The summed E-state index contributed by atoms with van der Waals surface area (Å²) in [4.78, 5) is 12.2. The molecule has 0 saturated carbocycles. The molecule has 7 heteroatoms. The number of fused-ring (bicyclic) bond motifs is 2. The van der Waals surface area contributed by atoms with Crippen LogP contribution in [-0.2, 0) is 17.8 Å². The summed E-state index contributed by atoms with van der Waals surface area (Å²) in [5, 5.41) is 11.0. The Balaban J connectivity index is 1.45. The number of rotatable bonds is 5. The number of methoxy groups -OCH3 is 1. The van der Waals surface area contributed by atoms with Gasteiger partial charge in [0.15, 0.2) is 11.5 Å². The SMILES string of the molecule is COc1cc2c(cc1/C=C/C(=O)NCc1nnc3ccccn13)OC(C)C2. The summed E-state index contributed by atoms with van der Waals surface area (Å²) in [5.41, 5.74) is 2.67. The number of carbonyl (C=O) groups is 1. The van der Waals surface area contributed by atoms with Crippen molar-refractivity contribution in [2.75, 3.05) is 7.11 Å². The van der Waals surface area contributed by atoms with Crippen LogP contribution < -0.4 is 14.8 Å². The molecule has 3 aromatic rings. The Morgan fingerprint density at radius 3 is 3.15 bits per heavy atom. The molecule has 27 heavy (non-hydrogen) atoms. The van der Waals surface area contributed by atoms with Crippen molar-refractivity contribution in [2.24, 2.45) is 0 Å². The molecule has 0 saturated heterocycles. The fraction of sp³-hybridized carbons (Fsp3) is 0.250. The van der Waals surface area contributed by atoms with Crippen LogP contribution in [0.3, 0.4) is 0 Å². The molecular formula is C20H20N4O3. The van der Waals surface area contributed by atoms with E-state index in [-0.39, 0.29) is 18.6 Å². The van der Waals surface area contributed by atoms with Crippen molar-refractivity contribution in [2.45, 2.75) is 26.0 Å². The largest absolute Gasteiger partial charge is 0.496 e. The lowest BCUT2D eigenvalue weighted by molar-refractivity contribution is -0.116. The van der Waals surface area contributed by atoms with Crippen molar-refractivity contribution in [3.63, 3.8) is 0 Å². The molecular weight excluding hydrogens is 344 g/mol. The van der Waals surface area contributed by atoms with E-state index in [1.165, 1.54) is 6.08 Å². The van der Waals surface area contributed by atoms with Gasteiger partial charge in [0.25, 0.3) is 0 Å². The maximum atomic E-state index is 12.2. The maximum absolute atomic E-state index is 12.2. The predicted octanol–water partition coefficient (Wildman–Crippen LogP) is 2.39. The fourth-order valence-electron chi connectivity index (χ4n) is 3.16. The van der Waals surface area contributed by atoms with E-state index in [0.29, 0.717) is 5.82 Å². The number of nitrogens with one attached hydrogen (secondary N) is 1. The van der Waals surface area contributed by atoms with Crippen molar-refractivity contribution in [1.82, 2.24) is 19.9 Å². The van der Waals surface area contributed by atoms with Gasteiger partial charge in [-0.3, -0.25) is 9.20 Å². The molecule has 1 unspecified atom stereocenters. The number of carbonyl (C=O) groups excluding carboxylic acids is 1. The van der Waals surface area contributed by atoms with E-state index in [1.807, 2.05) is 47.9 Å². The number of aromatic nitrogens is 3. The molecule has 4 rings (SSSR count). The molecule has 0 bridgehead atoms. The van der Waals surface area contributed by atoms with Crippen LogP contribution >= 0.6 is 0 Å². The van der Waals surface area contributed by atoms with Crippen LogP contribution in [-0.4, -0.2) is 33.7 Å². The lowest BCUT2D eigenvalue weighted by Gasteiger charge is -2.08. The van der Waals surface area contributed by atoms with Crippen LogP contribution in [0.25, 0.3) is 11.7 Å². The standard InChI is InChI=1S/C20H20N4O3/c1-13-9-15-11-16(26-2)14(10-17(15)27-13)6-7-20(25)21-12-19-23-22-18-5-3-4-8-24(18)19/h3-8,10-11,13H,9,12H2,1-2H3,(H,21,25)/b7-6+. The van der Waals surface area contributed by atoms with E-state index in [1.54, 1.807) is 13.2 Å². The highest BCUT2D eigenvalue weighted by Gasteiger charge is 2.21. The van der Waals surface area contributed by atoms with E-state index in [9.17, 15) is 4.79 Å². The highest BCUT2D eigenvalue weighted by atomic mass is 16.5. The third kappa shape index (κ3) is 3.48. The molecule has 1 aliphatic rings. The van der Waals surface area contributed by atoms with E-state index >= 15 is 0 Å². The van der Waals surface area contributed by atoms with Crippen molar-refractivity contribution >= 4 is 17.6 Å². The number of ether oxygens (including phenoxy) is 2. The number of nitrogens with zero attached hydrogens (tertiary/aromatic N) is 3. The molecule has 1 aromatic carbocycles.